The molecule has 2 aromatic heterocycles. The lowest BCUT2D eigenvalue weighted by Gasteiger charge is -2.40. The van der Waals surface area contributed by atoms with Crippen molar-refractivity contribution < 1.29 is 51.5 Å². The topological polar surface area (TPSA) is 227 Å². The van der Waals surface area contributed by atoms with Gasteiger partial charge in [0.2, 0.25) is 11.8 Å². The molecular formula is C58H60N4O15PSSi+. The van der Waals surface area contributed by atoms with E-state index >= 15 is 0 Å². The second-order valence-corrected chi connectivity index (χ2v) is 27.1. The minimum absolute atomic E-state index is 0.151. The van der Waals surface area contributed by atoms with Crippen LogP contribution in [0.1, 0.15) is 70.6 Å². The fourth-order valence-corrected chi connectivity index (χ4v) is 11.9. The van der Waals surface area contributed by atoms with Crippen molar-refractivity contribution in [3.05, 3.63) is 240 Å². The molecule has 0 radical (unpaired) electrons. The quantitative estimate of drug-likeness (QED) is 0.0320. The molecule has 19 nitrogen and oxygen atoms in total. The molecule has 2 fully saturated rings. The van der Waals surface area contributed by atoms with Gasteiger partial charge in [0.25, 0.3) is 11.1 Å². The van der Waals surface area contributed by atoms with Crippen LogP contribution >= 0.6 is 7.15 Å². The third-order valence-corrected chi connectivity index (χ3v) is 20.3. The first-order chi connectivity index (χ1) is 38.4. The normalized spacial score (nSPS) is 21.4. The monoisotopic (exact) mass is 1140 g/mol. The fraction of sp³-hybridized carbons (Fsp3) is 0.310. The van der Waals surface area contributed by atoms with Crippen LogP contribution in [0.25, 0.3) is 0 Å². The van der Waals surface area contributed by atoms with Gasteiger partial charge in [0.15, 0.2) is 39.1 Å². The molecule has 2 N–H and O–H groups in total. The van der Waals surface area contributed by atoms with Crippen LogP contribution in [0.4, 0.5) is 0 Å². The third-order valence-electron chi connectivity index (χ3n) is 14.4. The molecule has 0 bridgehead atoms. The number of benzene rings is 5. The van der Waals surface area contributed by atoms with Crippen LogP contribution in [0.5, 0.6) is 5.75 Å². The number of aromatic amines is 2. The van der Waals surface area contributed by atoms with Crippen molar-refractivity contribution in [1.82, 2.24) is 19.1 Å². The number of H-pyrrole nitrogens is 2. The van der Waals surface area contributed by atoms with Crippen molar-refractivity contribution in [1.29, 1.82) is 0 Å². The van der Waals surface area contributed by atoms with E-state index in [1.165, 1.54) is 47.3 Å². The van der Waals surface area contributed by atoms with Crippen LogP contribution in [-0.4, -0.2) is 96.3 Å². The predicted octanol–water partition coefficient (Wildman–Crippen LogP) is 7.92. The highest BCUT2D eigenvalue weighted by Crippen LogP contribution is 2.47. The second kappa shape index (κ2) is 24.6. The highest BCUT2D eigenvalue weighted by atomic mass is 32.4. The summed E-state index contributed by atoms with van der Waals surface area (Å²) in [5, 5.41) is -0.386. The number of hydrogen-bond acceptors (Lipinski definition) is 16. The molecule has 4 heterocycles. The van der Waals surface area contributed by atoms with Crippen molar-refractivity contribution in [3.8, 4) is 5.75 Å². The van der Waals surface area contributed by atoms with Gasteiger partial charge in [-0.1, -0.05) is 130 Å². The molecule has 0 amide bonds. The summed E-state index contributed by atoms with van der Waals surface area (Å²) in [6, 6.07) is 45.3. The summed E-state index contributed by atoms with van der Waals surface area (Å²) in [7, 11) is -3.71. The lowest BCUT2D eigenvalue weighted by atomic mass is 9.80. The van der Waals surface area contributed by atoms with Crippen LogP contribution in [0, 0.1) is 0 Å². The second-order valence-electron chi connectivity index (χ2n) is 20.5. The zero-order valence-corrected chi connectivity index (χ0v) is 47.3. The number of carbonyl (C=O) groups is 2. The standard InChI is InChI=1S/C58H59N4O15PSSi/c1-57(2,3)80(5,6)77-50-48(43(72-52(50)62-34-32-46(64)60-56(62)68)35-70-58(39-23-15-9-16-24-39,40-25-17-10-18-26-40)41-27-29-42(69-4)30-28-41)76-78(79)71-36-44-47(74-53(65)37-19-11-7-12-20-37)49(75-54(66)38-21-13-8-14-22-38)51(73-44)61-33-31-45(63)59-55(61)67/h7-34,43-44,47-52H,35-36H2,1-6H3,(H-,59,60,63,64,67,68)/p+1/t43-,44-,47-,48-,49-,50-,51-,52-/m1/s1. The van der Waals surface area contributed by atoms with Gasteiger partial charge in [-0.05, 0) is 71.2 Å². The minimum atomic E-state index is -2.84. The van der Waals surface area contributed by atoms with E-state index < -0.39 is 111 Å². The van der Waals surface area contributed by atoms with Crippen molar-refractivity contribution in [2.24, 2.45) is 0 Å². The van der Waals surface area contributed by atoms with Crippen LogP contribution in [0.15, 0.2) is 189 Å². The van der Waals surface area contributed by atoms with Gasteiger partial charge in [-0.15, -0.1) is 9.05 Å². The number of methoxy groups -OCH3 is 1. The Hall–Kier alpha value is -7.30. The Morgan fingerprint density at radius 1 is 0.588 bits per heavy atom. The maximum atomic E-state index is 13.9. The first kappa shape index (κ1) is 57.4. The summed E-state index contributed by atoms with van der Waals surface area (Å²) in [5.41, 5.74) is -1.67. The number of rotatable bonds is 20. The maximum Gasteiger partial charge on any atom is 0.522 e. The highest BCUT2D eigenvalue weighted by Gasteiger charge is 2.57. The zero-order chi connectivity index (χ0) is 56.8. The SMILES string of the molecule is COc1ccc(C(OC[C@H]2O[C@@H](n3ccc(=O)[nH]c3=O)[C@H](O[Si](C)(C)C(C)(C)C)[C@@H]2O[P+](=S)OC[C@H]2O[C@@H](n3ccc(=O)[nH]c3=O)[C@H](OC(=O)c3ccccc3)[C@@H]2OC(=O)c2ccccc2)(c2ccccc2)c2ccccc2)cc1. The van der Waals surface area contributed by atoms with E-state index in [0.717, 1.165) is 27.3 Å². The van der Waals surface area contributed by atoms with E-state index in [2.05, 4.69) is 30.7 Å². The molecule has 416 valence electrons. The zero-order valence-electron chi connectivity index (χ0n) is 44.6. The molecule has 22 heteroatoms. The number of aromatic nitrogens is 4. The van der Waals surface area contributed by atoms with E-state index in [-0.39, 0.29) is 22.8 Å². The smallest absolute Gasteiger partial charge is 0.497 e. The molecule has 0 aliphatic carbocycles. The predicted molar refractivity (Wildman–Crippen MR) is 301 cm³/mol. The molecule has 2 aliphatic rings. The molecule has 1 unspecified atom stereocenters. The first-order valence-electron chi connectivity index (χ1n) is 25.7. The van der Waals surface area contributed by atoms with Crippen molar-refractivity contribution in [3.63, 3.8) is 0 Å². The summed E-state index contributed by atoms with van der Waals surface area (Å²) in [5.74, 6) is -1.01. The van der Waals surface area contributed by atoms with Crippen LogP contribution in [0.3, 0.4) is 0 Å². The summed E-state index contributed by atoms with van der Waals surface area (Å²) in [4.78, 5) is 84.4. The van der Waals surface area contributed by atoms with Crippen LogP contribution in [-0.2, 0) is 54.6 Å². The minimum Gasteiger partial charge on any atom is -0.497 e. The number of nitrogens with one attached hydrogen (secondary N) is 2. The molecule has 0 spiro atoms. The van der Waals surface area contributed by atoms with Crippen LogP contribution in [0.2, 0.25) is 18.1 Å². The molecular weight excluding hydrogens is 1080 g/mol. The van der Waals surface area contributed by atoms with Gasteiger partial charge in [-0.3, -0.25) is 28.7 Å². The Morgan fingerprint density at radius 2 is 1.02 bits per heavy atom. The maximum absolute atomic E-state index is 13.9. The number of hydrogen-bond donors (Lipinski definition) is 2. The van der Waals surface area contributed by atoms with E-state index in [1.807, 2.05) is 98.0 Å². The molecule has 0 saturated carbocycles. The summed E-state index contributed by atoms with van der Waals surface area (Å²) in [6.45, 7) is 9.56. The van der Waals surface area contributed by atoms with Gasteiger partial charge >= 0.3 is 30.5 Å². The lowest BCUT2D eigenvalue weighted by molar-refractivity contribution is -0.0938. The Balaban J connectivity index is 1.10. The number of nitrogens with zero attached hydrogens (tertiary/aromatic N) is 2. The van der Waals surface area contributed by atoms with E-state index in [1.54, 1.807) is 43.5 Å². The van der Waals surface area contributed by atoms with Gasteiger partial charge in [-0.2, -0.15) is 0 Å². The van der Waals surface area contributed by atoms with Gasteiger partial charge in [0, 0.05) is 24.5 Å². The molecule has 2 saturated heterocycles. The average molecular weight is 1140 g/mol. The van der Waals surface area contributed by atoms with E-state index in [9.17, 15) is 28.8 Å². The van der Waals surface area contributed by atoms with E-state index in [4.69, 9.17) is 53.7 Å². The highest BCUT2D eigenvalue weighted by molar-refractivity contribution is 8.00. The summed E-state index contributed by atoms with van der Waals surface area (Å²) >= 11 is 6.07. The van der Waals surface area contributed by atoms with Crippen LogP contribution < -0.4 is 27.2 Å². The van der Waals surface area contributed by atoms with Crippen molar-refractivity contribution in [2.45, 2.75) is 93.6 Å². The Bertz CT molecular complexity index is 3490. The third kappa shape index (κ3) is 12.5. The Labute approximate surface area is 467 Å². The average Bonchev–Trinajstić information content (AvgIpc) is 4.14. The fourth-order valence-electron chi connectivity index (χ4n) is 9.35. The Kier molecular flexibility index (Phi) is 17.6. The number of esters is 2. The lowest BCUT2D eigenvalue weighted by Crippen LogP contribution is -2.50. The number of ether oxygens (including phenoxy) is 6. The van der Waals surface area contributed by atoms with Gasteiger partial charge in [-0.25, -0.2) is 19.2 Å². The molecule has 80 heavy (non-hydrogen) atoms. The summed E-state index contributed by atoms with van der Waals surface area (Å²) < 4.78 is 61.3. The first-order valence-corrected chi connectivity index (χ1v) is 30.8. The molecule has 9 atom stereocenters. The largest absolute Gasteiger partial charge is 0.522 e. The van der Waals surface area contributed by atoms with Gasteiger partial charge in [0.05, 0.1) is 24.8 Å². The van der Waals surface area contributed by atoms with Crippen molar-refractivity contribution >= 4 is 39.2 Å². The number of carbonyl (C=O) groups excluding carboxylic acids is 2. The molecule has 7 aromatic rings. The van der Waals surface area contributed by atoms with Crippen molar-refractivity contribution in [2.75, 3.05) is 20.3 Å². The molecule has 9 rings (SSSR count). The van der Waals surface area contributed by atoms with Gasteiger partial charge < -0.3 is 32.8 Å². The summed E-state index contributed by atoms with van der Waals surface area (Å²) in [6.07, 6.45) is -7.77. The Morgan fingerprint density at radius 3 is 1.49 bits per heavy atom. The molecule has 5 aromatic carbocycles. The molecule has 2 aliphatic heterocycles. The van der Waals surface area contributed by atoms with Gasteiger partial charge in [0.1, 0.15) is 36.3 Å². The van der Waals surface area contributed by atoms with E-state index in [0.29, 0.717) is 5.75 Å².